The summed E-state index contributed by atoms with van der Waals surface area (Å²) in [5.41, 5.74) is 3.89. The van der Waals surface area contributed by atoms with E-state index in [4.69, 9.17) is 10.5 Å². The van der Waals surface area contributed by atoms with E-state index in [1.54, 1.807) is 31.2 Å². The minimum Gasteiger partial charge on any atom is -0.466 e. The lowest BCUT2D eigenvalue weighted by molar-refractivity contribution is -0.178. The largest absolute Gasteiger partial charge is 0.466 e. The summed E-state index contributed by atoms with van der Waals surface area (Å²) in [6, 6.07) is 8.91. The van der Waals surface area contributed by atoms with E-state index in [9.17, 15) is 14.7 Å². The molecular formula is C14H19NO5. The molecule has 0 spiro atoms. The van der Waals surface area contributed by atoms with Crippen molar-refractivity contribution in [1.82, 2.24) is 0 Å². The topological polar surface area (TPSA) is 98.9 Å². The van der Waals surface area contributed by atoms with Crippen molar-refractivity contribution in [3.8, 4) is 0 Å². The predicted octanol–water partition coefficient (Wildman–Crippen LogP) is 0.229. The van der Waals surface area contributed by atoms with E-state index in [2.05, 4.69) is 4.74 Å². The van der Waals surface area contributed by atoms with Gasteiger partial charge < -0.3 is 14.6 Å². The van der Waals surface area contributed by atoms with Crippen molar-refractivity contribution in [2.75, 3.05) is 13.7 Å². The van der Waals surface area contributed by atoms with Gasteiger partial charge in [-0.1, -0.05) is 30.3 Å². The highest BCUT2D eigenvalue weighted by Gasteiger charge is 2.46. The SMILES string of the molecule is CCOC(=O)[C@@H](Cc1ccccc1)[C@@](N)(O)C(=O)OC. The molecule has 6 heteroatoms. The van der Waals surface area contributed by atoms with Crippen molar-refractivity contribution in [3.63, 3.8) is 0 Å². The summed E-state index contributed by atoms with van der Waals surface area (Å²) in [4.78, 5) is 23.5. The van der Waals surface area contributed by atoms with E-state index in [-0.39, 0.29) is 13.0 Å². The number of benzene rings is 1. The van der Waals surface area contributed by atoms with Gasteiger partial charge in [-0.05, 0) is 18.9 Å². The lowest BCUT2D eigenvalue weighted by atomic mass is 9.89. The number of esters is 2. The summed E-state index contributed by atoms with van der Waals surface area (Å²) >= 11 is 0. The molecule has 0 aliphatic carbocycles. The first-order chi connectivity index (χ1) is 9.43. The average Bonchev–Trinajstić information content (AvgIpc) is 2.44. The quantitative estimate of drug-likeness (QED) is 0.572. The molecule has 0 aliphatic rings. The second-order valence-electron chi connectivity index (χ2n) is 4.31. The molecule has 1 rings (SSSR count). The molecule has 0 aromatic heterocycles. The van der Waals surface area contributed by atoms with E-state index >= 15 is 0 Å². The number of carbonyl (C=O) groups is 2. The minimum absolute atomic E-state index is 0.0712. The average molecular weight is 281 g/mol. The highest BCUT2D eigenvalue weighted by Crippen LogP contribution is 2.21. The van der Waals surface area contributed by atoms with Crippen LogP contribution in [0.1, 0.15) is 12.5 Å². The molecule has 0 saturated carbocycles. The smallest absolute Gasteiger partial charge is 0.354 e. The fourth-order valence-electron chi connectivity index (χ4n) is 1.82. The lowest BCUT2D eigenvalue weighted by Gasteiger charge is -2.28. The van der Waals surface area contributed by atoms with Gasteiger partial charge in [-0.25, -0.2) is 4.79 Å². The lowest BCUT2D eigenvalue weighted by Crippen LogP contribution is -2.58. The van der Waals surface area contributed by atoms with E-state index in [1.165, 1.54) is 0 Å². The number of ether oxygens (including phenoxy) is 2. The maximum atomic E-state index is 11.9. The number of aliphatic hydroxyl groups is 1. The third-order valence-electron chi connectivity index (χ3n) is 2.90. The maximum absolute atomic E-state index is 11.9. The molecule has 0 saturated heterocycles. The van der Waals surface area contributed by atoms with Gasteiger partial charge in [-0.15, -0.1) is 0 Å². The number of rotatable bonds is 6. The van der Waals surface area contributed by atoms with Gasteiger partial charge in [0.05, 0.1) is 13.7 Å². The Kier molecular flexibility index (Phi) is 5.66. The van der Waals surface area contributed by atoms with Gasteiger partial charge in [0.1, 0.15) is 5.92 Å². The van der Waals surface area contributed by atoms with Crippen LogP contribution < -0.4 is 5.73 Å². The molecule has 0 heterocycles. The van der Waals surface area contributed by atoms with Crippen LogP contribution in [0.4, 0.5) is 0 Å². The van der Waals surface area contributed by atoms with Crippen molar-refractivity contribution in [2.24, 2.45) is 11.7 Å². The molecule has 0 radical (unpaired) electrons. The summed E-state index contributed by atoms with van der Waals surface area (Å²) in [7, 11) is 1.09. The molecule has 1 aromatic carbocycles. The van der Waals surface area contributed by atoms with Crippen molar-refractivity contribution < 1.29 is 24.2 Å². The monoisotopic (exact) mass is 281 g/mol. The van der Waals surface area contributed by atoms with Crippen molar-refractivity contribution >= 4 is 11.9 Å². The Labute approximate surface area is 117 Å². The molecule has 0 bridgehead atoms. The van der Waals surface area contributed by atoms with Crippen molar-refractivity contribution in [3.05, 3.63) is 35.9 Å². The van der Waals surface area contributed by atoms with Crippen LogP contribution >= 0.6 is 0 Å². The normalized spacial score (nSPS) is 15.0. The third kappa shape index (κ3) is 3.79. The molecule has 0 fully saturated rings. The van der Waals surface area contributed by atoms with Gasteiger partial charge in [-0.3, -0.25) is 10.5 Å². The molecule has 3 N–H and O–H groups in total. The summed E-state index contributed by atoms with van der Waals surface area (Å²) in [5.74, 6) is -3.06. The molecule has 0 aliphatic heterocycles. The fraction of sp³-hybridized carbons (Fsp3) is 0.429. The third-order valence-corrected chi connectivity index (χ3v) is 2.90. The molecule has 1 aromatic rings. The van der Waals surface area contributed by atoms with Gasteiger partial charge in [0.15, 0.2) is 0 Å². The van der Waals surface area contributed by atoms with Crippen LogP contribution in [0.2, 0.25) is 0 Å². The van der Waals surface area contributed by atoms with E-state index in [0.29, 0.717) is 0 Å². The van der Waals surface area contributed by atoms with Crippen LogP contribution in [0.3, 0.4) is 0 Å². The Morgan fingerprint density at radius 3 is 2.45 bits per heavy atom. The van der Waals surface area contributed by atoms with E-state index < -0.39 is 23.6 Å². The Morgan fingerprint density at radius 2 is 1.95 bits per heavy atom. The molecule has 0 amide bonds. The second-order valence-corrected chi connectivity index (χ2v) is 4.31. The number of nitrogens with two attached hydrogens (primary N) is 1. The number of hydrogen-bond donors (Lipinski definition) is 2. The molecular weight excluding hydrogens is 262 g/mol. The number of carbonyl (C=O) groups excluding carboxylic acids is 2. The first kappa shape index (κ1) is 16.1. The van der Waals surface area contributed by atoms with Gasteiger partial charge >= 0.3 is 11.9 Å². The maximum Gasteiger partial charge on any atom is 0.354 e. The highest BCUT2D eigenvalue weighted by atomic mass is 16.6. The molecule has 20 heavy (non-hydrogen) atoms. The molecule has 2 atom stereocenters. The Balaban J connectivity index is 3.02. The van der Waals surface area contributed by atoms with Gasteiger partial charge in [-0.2, -0.15) is 0 Å². The van der Waals surface area contributed by atoms with Crippen LogP contribution in [-0.4, -0.2) is 36.5 Å². The predicted molar refractivity (Wildman–Crippen MR) is 71.4 cm³/mol. The molecule has 0 unspecified atom stereocenters. The van der Waals surface area contributed by atoms with Crippen LogP contribution in [0.15, 0.2) is 30.3 Å². The summed E-state index contributed by atoms with van der Waals surface area (Å²) in [5, 5.41) is 10.1. The zero-order valence-corrected chi connectivity index (χ0v) is 11.5. The summed E-state index contributed by atoms with van der Waals surface area (Å²) < 4.78 is 9.31. The van der Waals surface area contributed by atoms with Crippen LogP contribution in [-0.2, 0) is 25.5 Å². The number of methoxy groups -OCH3 is 1. The van der Waals surface area contributed by atoms with Gasteiger partial charge in [0, 0.05) is 0 Å². The van der Waals surface area contributed by atoms with Crippen molar-refractivity contribution in [2.45, 2.75) is 19.1 Å². The Bertz CT molecular complexity index is 458. The van der Waals surface area contributed by atoms with E-state index in [1.807, 2.05) is 6.07 Å². The standard InChI is InChI=1S/C14H19NO5/c1-3-20-12(16)11(14(15,18)13(17)19-2)9-10-7-5-4-6-8-10/h4-8,11,18H,3,9,15H2,1-2H3/t11-,14-/m1/s1. The summed E-state index contributed by atoms with van der Waals surface area (Å²) in [6.45, 7) is 1.76. The Hall–Kier alpha value is -1.92. The van der Waals surface area contributed by atoms with Crippen LogP contribution in [0, 0.1) is 5.92 Å². The zero-order chi connectivity index (χ0) is 15.2. The zero-order valence-electron chi connectivity index (χ0n) is 11.5. The second kappa shape index (κ2) is 7.02. The molecule has 6 nitrogen and oxygen atoms in total. The first-order valence-corrected chi connectivity index (χ1v) is 6.23. The highest BCUT2D eigenvalue weighted by molar-refractivity contribution is 5.87. The van der Waals surface area contributed by atoms with Crippen LogP contribution in [0.25, 0.3) is 0 Å². The summed E-state index contributed by atoms with van der Waals surface area (Å²) in [6.07, 6.45) is 0.0712. The van der Waals surface area contributed by atoms with E-state index in [0.717, 1.165) is 12.7 Å². The van der Waals surface area contributed by atoms with Crippen molar-refractivity contribution in [1.29, 1.82) is 0 Å². The fourth-order valence-corrected chi connectivity index (χ4v) is 1.82. The Morgan fingerprint density at radius 1 is 1.35 bits per heavy atom. The first-order valence-electron chi connectivity index (χ1n) is 6.23. The van der Waals surface area contributed by atoms with Gasteiger partial charge in [0.25, 0.3) is 0 Å². The minimum atomic E-state index is -2.43. The number of hydrogen-bond acceptors (Lipinski definition) is 6. The van der Waals surface area contributed by atoms with Crippen LogP contribution in [0.5, 0.6) is 0 Å². The van der Waals surface area contributed by atoms with Gasteiger partial charge in [0.2, 0.25) is 5.72 Å². The molecule has 110 valence electrons.